The third-order valence-electron chi connectivity index (χ3n) is 17.3. The Bertz CT molecular complexity index is 2350. The van der Waals surface area contributed by atoms with Crippen LogP contribution in [0.4, 0.5) is 0 Å². The van der Waals surface area contributed by atoms with Crippen molar-refractivity contribution in [3.05, 3.63) is 0 Å². The van der Waals surface area contributed by atoms with Gasteiger partial charge in [-0.3, -0.25) is 9.59 Å². The molecule has 0 bridgehead atoms. The molecule has 540 valence electrons. The second-order valence-corrected chi connectivity index (χ2v) is 23.9. The Labute approximate surface area is 527 Å². The minimum absolute atomic E-state index is 0.842. The molecule has 2 amide bonds. The first-order valence-corrected chi connectivity index (χ1v) is 29.8. The van der Waals surface area contributed by atoms with E-state index in [-0.39, 0.29) is 0 Å². The number of hydrogen-bond donors (Lipinski definition) is 24. The third kappa shape index (κ3) is 16.5. The van der Waals surface area contributed by atoms with Crippen molar-refractivity contribution in [3.63, 3.8) is 0 Å². The van der Waals surface area contributed by atoms with Crippen LogP contribution in [-0.4, -0.2) is 409 Å². The van der Waals surface area contributed by atoms with Gasteiger partial charge in [-0.1, -0.05) is 0 Å². The third-order valence-corrected chi connectivity index (χ3v) is 17.3. The fourth-order valence-corrected chi connectivity index (χ4v) is 12.0. The first-order valence-electron chi connectivity index (χ1n) is 29.8. The standard InChI is InChI=1S/C52H88N2O39/c1-11-23(61)29(67)35(73)49(81-11)92-43-22(54-14(4)60)45(78)83-20(10-80-47-38(76)33(71)40(12(2)82-47)89-50-36(74)31(69)25(63)16(6-56)85-50)42(43)91-46-21(53-13(3)59)28(66)41(18(8-58)87-46)90-52-39(77)44(93-51-37(75)32(70)26(64)17(7-57)86-51)27(65)19(88-52)9-79-48-34(72)30(68)24(62)15(5-55)84-48/h11-12,15-52,55-58,61-78H,5-10H2,1-4H3,(H,53,59)(H,54,60)/t11-,12-,15-,16-,17-,18-,19-,20-,21-,22-,23+,24-,25+,26-,27-,28-,29+,30+,31+,32+,33-,34+,35-,36-,37+,38-,39+,40+,41-,42-,43-,44+,45-,46+,47+,48+,49-,50+,51-,52+/m1/s1. The zero-order valence-electron chi connectivity index (χ0n) is 50.1. The van der Waals surface area contributed by atoms with Crippen molar-refractivity contribution < 1.29 is 193 Å². The first-order chi connectivity index (χ1) is 43.9. The topological polar surface area (TPSA) is 642 Å². The summed E-state index contributed by atoms with van der Waals surface area (Å²) in [5.74, 6) is -1.82. The van der Waals surface area contributed by atoms with E-state index in [0.29, 0.717) is 0 Å². The summed E-state index contributed by atoms with van der Waals surface area (Å²) in [5.41, 5.74) is 0. The minimum Gasteiger partial charge on any atom is -0.394 e. The molecular formula is C52H88N2O39. The Balaban J connectivity index is 1.09. The number of aliphatic hydroxyl groups is 22. The molecule has 8 aliphatic heterocycles. The second-order valence-electron chi connectivity index (χ2n) is 23.9. The summed E-state index contributed by atoms with van der Waals surface area (Å²) in [7, 11) is 0. The Hall–Kier alpha value is -2.54. The lowest BCUT2D eigenvalue weighted by molar-refractivity contribution is -0.388. The van der Waals surface area contributed by atoms with E-state index in [4.69, 9.17) is 71.1 Å². The first kappa shape index (κ1) is 76.2. The molecule has 93 heavy (non-hydrogen) atoms. The smallest absolute Gasteiger partial charge is 0.217 e. The zero-order chi connectivity index (χ0) is 68.5. The van der Waals surface area contributed by atoms with Gasteiger partial charge in [0, 0.05) is 13.8 Å². The molecule has 0 aliphatic carbocycles. The van der Waals surface area contributed by atoms with E-state index >= 15 is 0 Å². The molecule has 0 aromatic carbocycles. The van der Waals surface area contributed by atoms with Crippen LogP contribution < -0.4 is 10.6 Å². The highest BCUT2D eigenvalue weighted by atomic mass is 16.8. The van der Waals surface area contributed by atoms with Crippen LogP contribution >= 0.6 is 0 Å². The van der Waals surface area contributed by atoms with Crippen LogP contribution in [0.1, 0.15) is 27.7 Å². The largest absolute Gasteiger partial charge is 0.394 e. The zero-order valence-corrected chi connectivity index (χ0v) is 50.1. The number of aliphatic hydroxyl groups excluding tert-OH is 22. The lowest BCUT2D eigenvalue weighted by Gasteiger charge is -2.51. The van der Waals surface area contributed by atoms with Gasteiger partial charge in [0.1, 0.15) is 183 Å². The summed E-state index contributed by atoms with van der Waals surface area (Å²) in [5, 5.41) is 243. The number of hydrogen-bond acceptors (Lipinski definition) is 39. The van der Waals surface area contributed by atoms with Crippen LogP contribution in [0.15, 0.2) is 0 Å². The molecule has 41 nitrogen and oxygen atoms in total. The van der Waals surface area contributed by atoms with Crippen LogP contribution in [0.3, 0.4) is 0 Å². The van der Waals surface area contributed by atoms with E-state index in [1.165, 1.54) is 13.8 Å². The summed E-state index contributed by atoms with van der Waals surface area (Å²) in [4.78, 5) is 26.1. The van der Waals surface area contributed by atoms with Gasteiger partial charge in [0.2, 0.25) is 11.8 Å². The molecule has 0 spiro atoms. The Morgan fingerprint density at radius 2 is 0.667 bits per heavy atom. The molecule has 8 fully saturated rings. The van der Waals surface area contributed by atoms with Crippen molar-refractivity contribution in [2.45, 2.75) is 273 Å². The predicted molar refractivity (Wildman–Crippen MR) is 285 cm³/mol. The monoisotopic (exact) mass is 1360 g/mol. The van der Waals surface area contributed by atoms with Crippen LogP contribution in [0.25, 0.3) is 0 Å². The maximum absolute atomic E-state index is 13.2. The SMILES string of the molecule is CC(=O)N[C@@H]1[C@@H](O[C@H]2O[C@H](C)[C@H](O)[C@H](O)[C@H]2O)[C@H](O[C@@H]2O[C@H](CO)[C@@H](O[C@@H]3O[C@H](CO[C@H]4O[C@H](CO)[C@@H](O)[C@H](O)[C@@H]4O)[C@@H](O)[C@H](O[C@H]4O[C@H](CO)[C@@H](O)[C@H](O)[C@@H]4O)[C@@H]3O)[C@H](O)[C@H]2NC(C)=O)[C@@H](CO[C@H]2O[C@H](C)[C@H](O[C@@H]3O[C@H](CO)[C@H](O)[C@H](O)[C@H]3O)[C@H](O)[C@H]2O)O[C@H]1O. The van der Waals surface area contributed by atoms with E-state index in [1.54, 1.807) is 0 Å². The van der Waals surface area contributed by atoms with Gasteiger partial charge in [0.05, 0.1) is 51.8 Å². The molecule has 8 aliphatic rings. The van der Waals surface area contributed by atoms with Gasteiger partial charge in [-0.2, -0.15) is 0 Å². The summed E-state index contributed by atoms with van der Waals surface area (Å²) in [6.07, 6.45) is -73.0. The van der Waals surface area contributed by atoms with Crippen molar-refractivity contribution in [3.8, 4) is 0 Å². The number of carbonyl (C=O) groups is 2. The van der Waals surface area contributed by atoms with Crippen molar-refractivity contribution in [1.82, 2.24) is 10.6 Å². The van der Waals surface area contributed by atoms with Crippen LogP contribution in [0.2, 0.25) is 0 Å². The Kier molecular flexibility index (Phi) is 26.7. The normalized spacial score (nSPS) is 51.6. The minimum atomic E-state index is -2.33. The molecule has 8 saturated heterocycles. The van der Waals surface area contributed by atoms with E-state index in [1.807, 2.05) is 0 Å². The second kappa shape index (κ2) is 32.6. The average Bonchev–Trinajstić information content (AvgIpc) is 0.773. The van der Waals surface area contributed by atoms with Crippen molar-refractivity contribution in [2.24, 2.45) is 0 Å². The van der Waals surface area contributed by atoms with E-state index in [0.717, 1.165) is 13.8 Å². The van der Waals surface area contributed by atoms with E-state index in [9.17, 15) is 122 Å². The molecule has 0 saturated carbocycles. The number of rotatable bonds is 22. The molecule has 8 rings (SSSR count). The molecule has 0 aromatic rings. The quantitative estimate of drug-likeness (QED) is 0.0479. The molecule has 8 heterocycles. The Morgan fingerprint density at radius 3 is 1.18 bits per heavy atom. The lowest BCUT2D eigenvalue weighted by Crippen LogP contribution is -2.71. The molecule has 0 aromatic heterocycles. The van der Waals surface area contributed by atoms with Gasteiger partial charge in [-0.15, -0.1) is 0 Å². The fraction of sp³-hybridized carbons (Fsp3) is 0.962. The predicted octanol–water partition coefficient (Wildman–Crippen LogP) is -16.1. The van der Waals surface area contributed by atoms with Crippen LogP contribution in [0.5, 0.6) is 0 Å². The van der Waals surface area contributed by atoms with Gasteiger partial charge >= 0.3 is 0 Å². The van der Waals surface area contributed by atoms with Crippen molar-refractivity contribution in [2.75, 3.05) is 39.6 Å². The Morgan fingerprint density at radius 1 is 0.301 bits per heavy atom. The maximum atomic E-state index is 13.2. The summed E-state index contributed by atoms with van der Waals surface area (Å²) in [6.45, 7) is -1.23. The van der Waals surface area contributed by atoms with Gasteiger partial charge in [0.25, 0.3) is 0 Å². The highest BCUT2D eigenvalue weighted by Gasteiger charge is 2.59. The van der Waals surface area contributed by atoms with E-state index < -0.39 is 297 Å². The van der Waals surface area contributed by atoms with Gasteiger partial charge < -0.3 is 194 Å². The summed E-state index contributed by atoms with van der Waals surface area (Å²) < 4.78 is 87.8. The average molecular weight is 1370 g/mol. The number of amides is 2. The molecule has 0 unspecified atom stereocenters. The summed E-state index contributed by atoms with van der Waals surface area (Å²) >= 11 is 0. The number of carbonyl (C=O) groups excluding carboxylic acids is 2. The van der Waals surface area contributed by atoms with Gasteiger partial charge in [0.15, 0.2) is 50.3 Å². The van der Waals surface area contributed by atoms with Gasteiger partial charge in [-0.05, 0) is 13.8 Å². The molecule has 0 radical (unpaired) electrons. The molecule has 40 atom stereocenters. The molecule has 41 heteroatoms. The van der Waals surface area contributed by atoms with Crippen LogP contribution in [0, 0.1) is 0 Å². The van der Waals surface area contributed by atoms with Crippen LogP contribution in [-0.2, 0) is 80.6 Å². The van der Waals surface area contributed by atoms with E-state index in [2.05, 4.69) is 10.6 Å². The lowest BCUT2D eigenvalue weighted by atomic mass is 9.93. The number of ether oxygens (including phenoxy) is 15. The summed E-state index contributed by atoms with van der Waals surface area (Å²) in [6, 6.07) is -3.78. The molecular weight excluding hydrogens is 1280 g/mol. The highest BCUT2D eigenvalue weighted by Crippen LogP contribution is 2.38. The van der Waals surface area contributed by atoms with Crippen molar-refractivity contribution in [1.29, 1.82) is 0 Å². The molecule has 24 N–H and O–H groups in total. The van der Waals surface area contributed by atoms with Crippen molar-refractivity contribution >= 4 is 11.8 Å². The fourth-order valence-electron chi connectivity index (χ4n) is 12.0. The van der Waals surface area contributed by atoms with Gasteiger partial charge in [-0.25, -0.2) is 0 Å². The number of nitrogens with one attached hydrogen (secondary N) is 2. The maximum Gasteiger partial charge on any atom is 0.217 e. The highest BCUT2D eigenvalue weighted by molar-refractivity contribution is 5.73.